The van der Waals surface area contributed by atoms with E-state index in [-0.39, 0.29) is 0 Å². The molecule has 0 saturated carbocycles. The molecule has 8 aromatic carbocycles. The summed E-state index contributed by atoms with van der Waals surface area (Å²) in [5.74, 6) is -4.04. The summed E-state index contributed by atoms with van der Waals surface area (Å²) in [7, 11) is 0. The molecule has 0 saturated heterocycles. The number of benzene rings is 8. The molecule has 0 fully saturated rings. The van der Waals surface area contributed by atoms with Gasteiger partial charge in [-0.25, -0.2) is 0 Å². The van der Waals surface area contributed by atoms with Crippen LogP contribution in [0, 0.1) is 0 Å². The van der Waals surface area contributed by atoms with E-state index in [0.717, 1.165) is 0 Å². The molecule has 0 bridgehead atoms. The van der Waals surface area contributed by atoms with Gasteiger partial charge in [-0.05, 0) is 0 Å². The molecule has 0 aromatic heterocycles. The monoisotopic (exact) mass is 574 g/mol. The van der Waals surface area contributed by atoms with Crippen molar-refractivity contribution in [1.29, 1.82) is 0 Å². The molecular weight excluding hydrogens is 547 g/mol. The molecule has 0 spiro atoms. The standard InChI is InChI=1S/C40H28ClP/c41-42(37-25-9-17-29-13-1-5-21-33(29)37,38-26-10-18-30-14-2-6-22-34(30)38,39-27-11-19-31-15-3-7-23-35(31)39)40-28-12-20-32-16-4-8-24-36(32)40/h1-28H. The SMILES string of the molecule is ClP(c1cccc2ccccc12)(c1cccc2ccccc12)(c1cccc2ccccc12)c1cccc2ccccc12. The van der Waals surface area contributed by atoms with Crippen molar-refractivity contribution in [3.05, 3.63) is 170 Å². The predicted octanol–water partition coefficient (Wildman–Crippen LogP) is 9.61. The number of fused-ring (bicyclic) bond motifs is 4. The van der Waals surface area contributed by atoms with E-state index in [1.54, 1.807) is 0 Å². The Balaban J connectivity index is 1.75. The van der Waals surface area contributed by atoms with Crippen molar-refractivity contribution in [3.8, 4) is 0 Å². The molecular formula is C40H28ClP. The summed E-state index contributed by atoms with van der Waals surface area (Å²) in [6, 6.07) is 61.5. The Labute approximate surface area is 250 Å². The summed E-state index contributed by atoms with van der Waals surface area (Å²) in [6.07, 6.45) is 0. The maximum atomic E-state index is 9.15. The predicted molar refractivity (Wildman–Crippen MR) is 187 cm³/mol. The van der Waals surface area contributed by atoms with Crippen molar-refractivity contribution in [3.63, 3.8) is 0 Å². The molecule has 2 heteroatoms. The number of hydrogen-bond acceptors (Lipinski definition) is 0. The minimum atomic E-state index is -4.04. The molecule has 200 valence electrons. The minimum absolute atomic E-state index is 1.17. The molecule has 0 radical (unpaired) electrons. The molecule has 0 aliphatic heterocycles. The average molecular weight is 575 g/mol. The van der Waals surface area contributed by atoms with Crippen molar-refractivity contribution < 1.29 is 0 Å². The molecule has 0 N–H and O–H groups in total. The molecule has 42 heavy (non-hydrogen) atoms. The van der Waals surface area contributed by atoms with Gasteiger partial charge in [-0.2, -0.15) is 0 Å². The molecule has 8 rings (SSSR count). The molecule has 0 unspecified atom stereocenters. The van der Waals surface area contributed by atoms with Crippen LogP contribution in [0.25, 0.3) is 43.1 Å². The normalized spacial score (nSPS) is 12.9. The maximum absolute atomic E-state index is 9.15. The fraction of sp³-hybridized carbons (Fsp3) is 0. The summed E-state index contributed by atoms with van der Waals surface area (Å²) in [6.45, 7) is 0. The molecule has 0 nitrogen and oxygen atoms in total. The Morgan fingerprint density at radius 3 is 0.738 bits per heavy atom. The van der Waals surface area contributed by atoms with Crippen LogP contribution in [0.2, 0.25) is 0 Å². The van der Waals surface area contributed by atoms with Gasteiger partial charge in [0.15, 0.2) is 0 Å². The van der Waals surface area contributed by atoms with E-state index >= 15 is 0 Å². The summed E-state index contributed by atoms with van der Waals surface area (Å²) >= 11 is 9.15. The van der Waals surface area contributed by atoms with Crippen molar-refractivity contribution >= 4 is 81.5 Å². The van der Waals surface area contributed by atoms with Crippen LogP contribution in [0.3, 0.4) is 0 Å². The van der Waals surface area contributed by atoms with Gasteiger partial charge in [0.25, 0.3) is 0 Å². The van der Waals surface area contributed by atoms with Gasteiger partial charge in [0.1, 0.15) is 0 Å². The van der Waals surface area contributed by atoms with Crippen LogP contribution in [-0.4, -0.2) is 0 Å². The van der Waals surface area contributed by atoms with Gasteiger partial charge in [0.2, 0.25) is 0 Å². The average Bonchev–Trinajstić information content (AvgIpc) is 3.07. The van der Waals surface area contributed by atoms with Crippen molar-refractivity contribution in [2.24, 2.45) is 0 Å². The number of rotatable bonds is 4. The van der Waals surface area contributed by atoms with Gasteiger partial charge in [-0.15, -0.1) is 0 Å². The topological polar surface area (TPSA) is 0 Å². The van der Waals surface area contributed by atoms with E-state index in [9.17, 15) is 0 Å². The second kappa shape index (κ2) is 9.53. The Morgan fingerprint density at radius 1 is 0.262 bits per heavy atom. The van der Waals surface area contributed by atoms with Crippen molar-refractivity contribution in [2.75, 3.05) is 0 Å². The zero-order chi connectivity index (χ0) is 28.2. The third-order valence-corrected chi connectivity index (χ3v) is 16.2. The molecule has 8 aromatic rings. The van der Waals surface area contributed by atoms with E-state index in [2.05, 4.69) is 170 Å². The zero-order valence-electron chi connectivity index (χ0n) is 23.0. The van der Waals surface area contributed by atoms with E-state index in [0.29, 0.717) is 0 Å². The summed E-state index contributed by atoms with van der Waals surface area (Å²) in [5, 5.41) is 14.2. The first-order valence-electron chi connectivity index (χ1n) is 14.3. The third-order valence-electron chi connectivity index (χ3n) is 8.88. The van der Waals surface area contributed by atoms with Crippen LogP contribution in [0.1, 0.15) is 0 Å². The first kappa shape index (κ1) is 25.2. The Morgan fingerprint density at radius 2 is 0.476 bits per heavy atom. The van der Waals surface area contributed by atoms with E-state index in [1.165, 1.54) is 64.3 Å². The second-order valence-electron chi connectivity index (χ2n) is 11.0. The van der Waals surface area contributed by atoms with Gasteiger partial charge in [-0.3, -0.25) is 0 Å². The van der Waals surface area contributed by atoms with Gasteiger partial charge >= 0.3 is 251 Å². The fourth-order valence-corrected chi connectivity index (χ4v) is 14.5. The van der Waals surface area contributed by atoms with Crippen molar-refractivity contribution in [1.82, 2.24) is 0 Å². The quantitative estimate of drug-likeness (QED) is 0.184. The Hall–Kier alpha value is -4.48. The molecule has 0 aliphatic rings. The van der Waals surface area contributed by atoms with Gasteiger partial charge in [-0.1, -0.05) is 0 Å². The number of halogens is 1. The first-order chi connectivity index (χ1) is 20.7. The fourth-order valence-electron chi connectivity index (χ4n) is 7.08. The van der Waals surface area contributed by atoms with Crippen LogP contribution < -0.4 is 21.2 Å². The van der Waals surface area contributed by atoms with Gasteiger partial charge < -0.3 is 0 Å². The summed E-state index contributed by atoms with van der Waals surface area (Å²) < 4.78 is 0. The van der Waals surface area contributed by atoms with Gasteiger partial charge in [0, 0.05) is 0 Å². The first-order valence-corrected chi connectivity index (χ1v) is 17.5. The Kier molecular flexibility index (Phi) is 5.73. The van der Waals surface area contributed by atoms with Gasteiger partial charge in [0.05, 0.1) is 0 Å². The zero-order valence-corrected chi connectivity index (χ0v) is 24.6. The molecule has 0 atom stereocenters. The molecule has 0 heterocycles. The summed E-state index contributed by atoms with van der Waals surface area (Å²) in [5.41, 5.74) is 0. The summed E-state index contributed by atoms with van der Waals surface area (Å²) in [4.78, 5) is 0. The van der Waals surface area contributed by atoms with Crippen LogP contribution in [-0.2, 0) is 0 Å². The molecule has 0 amide bonds. The Bertz CT molecular complexity index is 1950. The van der Waals surface area contributed by atoms with Crippen LogP contribution in [0.5, 0.6) is 0 Å². The number of hydrogen-bond donors (Lipinski definition) is 0. The van der Waals surface area contributed by atoms with E-state index in [1.807, 2.05) is 0 Å². The van der Waals surface area contributed by atoms with E-state index in [4.69, 9.17) is 11.2 Å². The van der Waals surface area contributed by atoms with Crippen LogP contribution in [0.15, 0.2) is 170 Å². The van der Waals surface area contributed by atoms with Crippen LogP contribution >= 0.6 is 17.2 Å². The third kappa shape index (κ3) is 3.40. The van der Waals surface area contributed by atoms with Crippen LogP contribution in [0.4, 0.5) is 0 Å². The van der Waals surface area contributed by atoms with E-state index < -0.39 is 5.96 Å². The second-order valence-corrected chi connectivity index (χ2v) is 17.0. The van der Waals surface area contributed by atoms with Crippen molar-refractivity contribution in [2.45, 2.75) is 0 Å². The molecule has 0 aliphatic carbocycles.